The third-order valence-corrected chi connectivity index (χ3v) is 6.93. The van der Waals surface area contributed by atoms with E-state index in [1.165, 1.54) is 14.2 Å². The standard InChI is InChI=1S/C17H20F3N5O3S/c1-24(29(21,26)27)10-6-16(7-10)8-25(9-16)14-12-4-3-11(28-2)5-13(12)22-23-15(14)17(18,19)20/h3-5,10H,6-9H2,1-2H3,(H2,21,26,27). The van der Waals surface area contributed by atoms with Gasteiger partial charge in [-0.1, -0.05) is 0 Å². The molecule has 0 unspecified atom stereocenters. The van der Waals surface area contributed by atoms with E-state index in [0.717, 1.165) is 4.31 Å². The van der Waals surface area contributed by atoms with Crippen molar-refractivity contribution in [3.05, 3.63) is 23.9 Å². The predicted molar refractivity (Wildman–Crippen MR) is 99.6 cm³/mol. The van der Waals surface area contributed by atoms with Crippen LogP contribution in [0, 0.1) is 5.41 Å². The maximum atomic E-state index is 13.6. The van der Waals surface area contributed by atoms with Gasteiger partial charge in [0.15, 0.2) is 5.69 Å². The van der Waals surface area contributed by atoms with Gasteiger partial charge in [0.1, 0.15) is 5.75 Å². The Kier molecular flexibility index (Phi) is 4.44. The van der Waals surface area contributed by atoms with Crippen molar-refractivity contribution in [1.82, 2.24) is 14.5 Å². The highest BCUT2D eigenvalue weighted by Gasteiger charge is 2.56. The molecule has 1 spiro atoms. The summed E-state index contributed by atoms with van der Waals surface area (Å²) < 4.78 is 69.9. The Bertz CT molecular complexity index is 1060. The van der Waals surface area contributed by atoms with E-state index in [1.807, 2.05) is 0 Å². The van der Waals surface area contributed by atoms with E-state index in [2.05, 4.69) is 10.2 Å². The van der Waals surface area contributed by atoms with Crippen LogP contribution in [-0.2, 0) is 16.4 Å². The van der Waals surface area contributed by atoms with Crippen LogP contribution in [0.2, 0.25) is 0 Å². The van der Waals surface area contributed by atoms with E-state index in [-0.39, 0.29) is 17.1 Å². The first kappa shape index (κ1) is 20.1. The van der Waals surface area contributed by atoms with E-state index < -0.39 is 22.1 Å². The third kappa shape index (κ3) is 3.38. The van der Waals surface area contributed by atoms with Crippen molar-refractivity contribution in [2.24, 2.45) is 10.6 Å². The maximum absolute atomic E-state index is 13.6. The first-order chi connectivity index (χ1) is 13.4. The molecule has 29 heavy (non-hydrogen) atoms. The number of nitrogens with zero attached hydrogens (tertiary/aromatic N) is 4. The van der Waals surface area contributed by atoms with Crippen molar-refractivity contribution >= 4 is 26.8 Å². The molecule has 8 nitrogen and oxygen atoms in total. The fourth-order valence-electron chi connectivity index (χ4n) is 4.30. The molecule has 12 heteroatoms. The summed E-state index contributed by atoms with van der Waals surface area (Å²) in [6.07, 6.45) is -3.53. The summed E-state index contributed by atoms with van der Waals surface area (Å²) in [5.74, 6) is 0.477. The van der Waals surface area contributed by atoms with Crippen LogP contribution in [0.5, 0.6) is 5.75 Å². The number of hydrogen-bond acceptors (Lipinski definition) is 6. The average Bonchev–Trinajstić information content (AvgIpc) is 2.56. The fourth-order valence-corrected chi connectivity index (χ4v) is 4.86. The van der Waals surface area contributed by atoms with Crippen molar-refractivity contribution in [3.8, 4) is 5.75 Å². The molecule has 2 heterocycles. The van der Waals surface area contributed by atoms with Gasteiger partial charge < -0.3 is 9.64 Å². The number of ether oxygens (including phenoxy) is 1. The molecule has 0 atom stereocenters. The Hall–Kier alpha value is -2.18. The number of anilines is 1. The zero-order valence-electron chi connectivity index (χ0n) is 15.8. The number of halogens is 3. The zero-order chi connectivity index (χ0) is 21.2. The minimum absolute atomic E-state index is 0.000899. The molecule has 0 radical (unpaired) electrons. The molecule has 4 rings (SSSR count). The average molecular weight is 431 g/mol. The first-order valence-electron chi connectivity index (χ1n) is 8.86. The van der Waals surface area contributed by atoms with Gasteiger partial charge in [0.2, 0.25) is 0 Å². The molecule has 1 aromatic heterocycles. The van der Waals surface area contributed by atoms with Gasteiger partial charge in [0, 0.05) is 43.0 Å². The maximum Gasteiger partial charge on any atom is 0.437 e. The molecule has 0 amide bonds. The molecule has 2 aliphatic rings. The highest BCUT2D eigenvalue weighted by molar-refractivity contribution is 7.86. The number of benzene rings is 1. The van der Waals surface area contributed by atoms with Crippen molar-refractivity contribution < 1.29 is 26.3 Å². The van der Waals surface area contributed by atoms with Crippen LogP contribution in [-0.4, -0.2) is 56.2 Å². The Morgan fingerprint density at radius 3 is 2.48 bits per heavy atom. The number of hydrogen-bond donors (Lipinski definition) is 1. The molecule has 2 aromatic rings. The lowest BCUT2D eigenvalue weighted by molar-refractivity contribution is -0.141. The number of methoxy groups -OCH3 is 1. The van der Waals surface area contributed by atoms with Gasteiger partial charge in [-0.25, -0.2) is 5.14 Å². The Morgan fingerprint density at radius 2 is 1.93 bits per heavy atom. The van der Waals surface area contributed by atoms with Crippen LogP contribution >= 0.6 is 0 Å². The Balaban J connectivity index is 1.62. The molecule has 0 bridgehead atoms. The summed E-state index contributed by atoms with van der Waals surface area (Å²) in [6, 6.07) is 4.45. The highest BCUT2D eigenvalue weighted by Crippen LogP contribution is 2.53. The van der Waals surface area contributed by atoms with Gasteiger partial charge in [0.25, 0.3) is 10.2 Å². The van der Waals surface area contributed by atoms with Crippen LogP contribution in [0.25, 0.3) is 10.9 Å². The summed E-state index contributed by atoms with van der Waals surface area (Å²) in [4.78, 5) is 1.64. The van der Waals surface area contributed by atoms with Crippen LogP contribution in [0.3, 0.4) is 0 Å². The molecule has 1 saturated carbocycles. The van der Waals surface area contributed by atoms with Crippen molar-refractivity contribution in [3.63, 3.8) is 0 Å². The molecule has 2 fully saturated rings. The molecule has 158 valence electrons. The van der Waals surface area contributed by atoms with Crippen molar-refractivity contribution in [2.75, 3.05) is 32.1 Å². The van der Waals surface area contributed by atoms with Gasteiger partial charge in [-0.05, 0) is 25.0 Å². The number of fused-ring (bicyclic) bond motifs is 1. The fraction of sp³-hybridized carbons (Fsp3) is 0.529. The quantitative estimate of drug-likeness (QED) is 0.792. The van der Waals surface area contributed by atoms with E-state index in [9.17, 15) is 21.6 Å². The van der Waals surface area contributed by atoms with Crippen molar-refractivity contribution in [2.45, 2.75) is 25.1 Å². The number of nitrogens with two attached hydrogens (primary N) is 1. The summed E-state index contributed by atoms with van der Waals surface area (Å²) in [5, 5.41) is 12.7. The van der Waals surface area contributed by atoms with E-state index in [4.69, 9.17) is 9.88 Å². The number of alkyl halides is 3. The van der Waals surface area contributed by atoms with E-state index in [1.54, 1.807) is 23.1 Å². The number of aromatic nitrogens is 2. The largest absolute Gasteiger partial charge is 0.497 e. The summed E-state index contributed by atoms with van der Waals surface area (Å²) in [5.41, 5.74) is -0.926. The molecule has 1 saturated heterocycles. The van der Waals surface area contributed by atoms with Gasteiger partial charge in [0.05, 0.1) is 18.3 Å². The Morgan fingerprint density at radius 1 is 1.28 bits per heavy atom. The van der Waals surface area contributed by atoms with E-state index in [0.29, 0.717) is 42.6 Å². The second-order valence-corrected chi connectivity index (χ2v) is 9.36. The lowest BCUT2D eigenvalue weighted by atomic mass is 9.60. The molecular weight excluding hydrogens is 411 g/mol. The number of rotatable bonds is 4. The lowest BCUT2D eigenvalue weighted by Gasteiger charge is -2.61. The Labute approximate surface area is 165 Å². The molecule has 2 N–H and O–H groups in total. The normalized spacial score (nSPS) is 19.5. The smallest absolute Gasteiger partial charge is 0.437 e. The minimum Gasteiger partial charge on any atom is -0.497 e. The van der Waals surface area contributed by atoms with Gasteiger partial charge in [-0.15, -0.1) is 10.2 Å². The van der Waals surface area contributed by atoms with E-state index >= 15 is 0 Å². The second-order valence-electron chi connectivity index (χ2n) is 7.76. The van der Waals surface area contributed by atoms with Crippen LogP contribution in [0.4, 0.5) is 18.9 Å². The summed E-state index contributed by atoms with van der Waals surface area (Å²) >= 11 is 0. The van der Waals surface area contributed by atoms with Crippen molar-refractivity contribution in [1.29, 1.82) is 0 Å². The molecular formula is C17H20F3N5O3S. The van der Waals surface area contributed by atoms with Crippen LogP contribution < -0.4 is 14.8 Å². The molecule has 1 aliphatic carbocycles. The topological polar surface area (TPSA) is 102 Å². The summed E-state index contributed by atoms with van der Waals surface area (Å²) in [7, 11) is -0.906. The minimum atomic E-state index is -4.64. The van der Waals surface area contributed by atoms with Gasteiger partial charge in [-0.3, -0.25) is 0 Å². The zero-order valence-corrected chi connectivity index (χ0v) is 16.6. The van der Waals surface area contributed by atoms with Gasteiger partial charge in [-0.2, -0.15) is 25.9 Å². The van der Waals surface area contributed by atoms with Crippen LogP contribution in [0.15, 0.2) is 18.2 Å². The van der Waals surface area contributed by atoms with Gasteiger partial charge >= 0.3 is 6.18 Å². The molecule has 1 aromatic carbocycles. The summed E-state index contributed by atoms with van der Waals surface area (Å²) in [6.45, 7) is 0.774. The second kappa shape index (κ2) is 6.41. The van der Waals surface area contributed by atoms with Crippen LogP contribution in [0.1, 0.15) is 18.5 Å². The monoisotopic (exact) mass is 431 g/mol. The lowest BCUT2D eigenvalue weighted by Crippen LogP contribution is -2.67. The predicted octanol–water partition coefficient (Wildman–Crippen LogP) is 1.76. The third-order valence-electron chi connectivity index (χ3n) is 5.83. The highest BCUT2D eigenvalue weighted by atomic mass is 32.2. The first-order valence-corrected chi connectivity index (χ1v) is 10.4. The molecule has 1 aliphatic heterocycles. The SMILES string of the molecule is COc1ccc2c(N3CC4(CC(N(C)S(N)(=O)=O)C4)C3)c(C(F)(F)F)nnc2c1.